The molecule has 7 nitrogen and oxygen atoms in total. The fourth-order valence-corrected chi connectivity index (χ4v) is 3.15. The Morgan fingerprint density at radius 2 is 1.96 bits per heavy atom. The summed E-state index contributed by atoms with van der Waals surface area (Å²) in [6.07, 6.45) is 0. The summed E-state index contributed by atoms with van der Waals surface area (Å²) >= 11 is 5.58. The van der Waals surface area contributed by atoms with E-state index in [0.29, 0.717) is 0 Å². The van der Waals surface area contributed by atoms with Crippen molar-refractivity contribution in [3.63, 3.8) is 0 Å². The second-order valence-electron chi connectivity index (χ2n) is 4.32. The summed E-state index contributed by atoms with van der Waals surface area (Å²) in [5.41, 5.74) is -1.06. The summed E-state index contributed by atoms with van der Waals surface area (Å²) in [4.78, 5) is 9.59. The minimum absolute atomic E-state index is 0.0841. The first-order chi connectivity index (χ1) is 10.7. The first-order valence-corrected chi connectivity index (χ1v) is 7.91. The van der Waals surface area contributed by atoms with Gasteiger partial charge in [0.2, 0.25) is 0 Å². The number of benzene rings is 2. The lowest BCUT2D eigenvalue weighted by molar-refractivity contribution is -0.387. The molecule has 23 heavy (non-hydrogen) atoms. The van der Waals surface area contributed by atoms with Crippen LogP contribution in [-0.4, -0.2) is 20.5 Å². The minimum Gasteiger partial charge on any atom is -0.497 e. The van der Waals surface area contributed by atoms with E-state index in [0.717, 1.165) is 24.3 Å². The van der Waals surface area contributed by atoms with Crippen molar-refractivity contribution in [1.29, 1.82) is 0 Å². The molecule has 0 heterocycles. The summed E-state index contributed by atoms with van der Waals surface area (Å²) in [5.74, 6) is -0.787. The largest absolute Gasteiger partial charge is 0.497 e. The van der Waals surface area contributed by atoms with Gasteiger partial charge in [-0.3, -0.25) is 14.8 Å². The van der Waals surface area contributed by atoms with Crippen molar-refractivity contribution >= 4 is 33.0 Å². The van der Waals surface area contributed by atoms with E-state index in [1.54, 1.807) is 0 Å². The fourth-order valence-electron chi connectivity index (χ4n) is 1.77. The molecule has 0 atom stereocenters. The van der Waals surface area contributed by atoms with Crippen molar-refractivity contribution in [1.82, 2.24) is 0 Å². The molecule has 2 rings (SSSR count). The van der Waals surface area contributed by atoms with Crippen LogP contribution in [0.2, 0.25) is 5.02 Å². The smallest absolute Gasteiger partial charge is 0.293 e. The maximum Gasteiger partial charge on any atom is 0.293 e. The van der Waals surface area contributed by atoms with E-state index in [1.807, 2.05) is 4.72 Å². The summed E-state index contributed by atoms with van der Waals surface area (Å²) < 4.78 is 45.1. The minimum atomic E-state index is -4.38. The monoisotopic (exact) mass is 360 g/mol. The van der Waals surface area contributed by atoms with Crippen molar-refractivity contribution in [3.05, 3.63) is 57.4 Å². The Labute approximate surface area is 135 Å². The van der Waals surface area contributed by atoms with Crippen LogP contribution in [0.15, 0.2) is 41.3 Å². The van der Waals surface area contributed by atoms with Gasteiger partial charge in [0.05, 0.1) is 23.8 Å². The molecule has 0 aromatic heterocycles. The van der Waals surface area contributed by atoms with Gasteiger partial charge in [-0.05, 0) is 30.3 Å². The highest BCUT2D eigenvalue weighted by atomic mass is 35.5. The number of ether oxygens (including phenoxy) is 1. The highest BCUT2D eigenvalue weighted by molar-refractivity contribution is 7.92. The zero-order valence-electron chi connectivity index (χ0n) is 11.6. The van der Waals surface area contributed by atoms with Crippen LogP contribution >= 0.6 is 11.6 Å². The molecule has 0 saturated carbocycles. The van der Waals surface area contributed by atoms with E-state index in [2.05, 4.69) is 0 Å². The average molecular weight is 361 g/mol. The van der Waals surface area contributed by atoms with Crippen LogP contribution in [0.3, 0.4) is 0 Å². The SMILES string of the molecule is COc1ccc(S(=O)(=O)Nc2ccc(Cl)cc2F)c([N+](=O)[O-])c1. The van der Waals surface area contributed by atoms with Crippen molar-refractivity contribution in [2.75, 3.05) is 11.8 Å². The lowest BCUT2D eigenvalue weighted by Crippen LogP contribution is -2.15. The van der Waals surface area contributed by atoms with Crippen LogP contribution < -0.4 is 9.46 Å². The number of methoxy groups -OCH3 is 1. The maximum atomic E-state index is 13.7. The molecule has 0 amide bonds. The molecule has 0 saturated heterocycles. The van der Waals surface area contributed by atoms with Crippen LogP contribution in [0.5, 0.6) is 5.75 Å². The molecular formula is C13H10ClFN2O5S. The Bertz CT molecular complexity index is 873. The predicted molar refractivity (Wildman–Crippen MR) is 81.9 cm³/mol. The highest BCUT2D eigenvalue weighted by Gasteiger charge is 2.27. The third-order valence-corrected chi connectivity index (χ3v) is 4.48. The van der Waals surface area contributed by atoms with Gasteiger partial charge in [-0.1, -0.05) is 11.6 Å². The Hall–Kier alpha value is -2.39. The molecule has 0 aliphatic carbocycles. The molecule has 0 spiro atoms. The Balaban J connectivity index is 2.49. The number of hydrogen-bond donors (Lipinski definition) is 1. The number of nitrogens with one attached hydrogen (secondary N) is 1. The highest BCUT2D eigenvalue weighted by Crippen LogP contribution is 2.30. The van der Waals surface area contributed by atoms with Gasteiger partial charge in [0.15, 0.2) is 4.90 Å². The number of nitrogens with zero attached hydrogens (tertiary/aromatic N) is 1. The zero-order valence-corrected chi connectivity index (χ0v) is 13.2. The fraction of sp³-hybridized carbons (Fsp3) is 0.0769. The average Bonchev–Trinajstić information content (AvgIpc) is 2.49. The molecule has 0 aliphatic heterocycles. The second kappa shape index (κ2) is 6.39. The van der Waals surface area contributed by atoms with E-state index in [-0.39, 0.29) is 16.5 Å². The van der Waals surface area contributed by atoms with Crippen LogP contribution in [0, 0.1) is 15.9 Å². The molecule has 10 heteroatoms. The molecule has 0 fully saturated rings. The van der Waals surface area contributed by atoms with Crippen LogP contribution in [0.1, 0.15) is 0 Å². The molecular weight excluding hydrogens is 351 g/mol. The zero-order chi connectivity index (χ0) is 17.2. The summed E-state index contributed by atoms with van der Waals surface area (Å²) in [7, 11) is -3.09. The van der Waals surface area contributed by atoms with Crippen molar-refractivity contribution in [3.8, 4) is 5.75 Å². The topological polar surface area (TPSA) is 98.5 Å². The van der Waals surface area contributed by atoms with Gasteiger partial charge in [0, 0.05) is 5.02 Å². The molecule has 0 bridgehead atoms. The number of halogens is 2. The third-order valence-electron chi connectivity index (χ3n) is 2.83. The predicted octanol–water partition coefficient (Wildman–Crippen LogP) is 3.20. The third kappa shape index (κ3) is 3.69. The number of anilines is 1. The number of rotatable bonds is 5. The molecule has 0 radical (unpaired) electrons. The van der Waals surface area contributed by atoms with Crippen LogP contribution in [0.25, 0.3) is 0 Å². The first-order valence-electron chi connectivity index (χ1n) is 6.05. The Kier molecular flexibility index (Phi) is 4.71. The number of hydrogen-bond acceptors (Lipinski definition) is 5. The van der Waals surface area contributed by atoms with Gasteiger partial charge in [0.1, 0.15) is 11.6 Å². The summed E-state index contributed by atoms with van der Waals surface area (Å²) in [5, 5.41) is 11.2. The van der Waals surface area contributed by atoms with Gasteiger partial charge >= 0.3 is 0 Å². The quantitative estimate of drug-likeness (QED) is 0.652. The van der Waals surface area contributed by atoms with Gasteiger partial charge < -0.3 is 4.74 Å². The lowest BCUT2D eigenvalue weighted by atomic mass is 10.3. The summed E-state index contributed by atoms with van der Waals surface area (Å²) in [6.45, 7) is 0. The molecule has 0 aliphatic rings. The van der Waals surface area contributed by atoms with E-state index >= 15 is 0 Å². The van der Waals surface area contributed by atoms with Gasteiger partial charge in [-0.25, -0.2) is 12.8 Å². The number of sulfonamides is 1. The van der Waals surface area contributed by atoms with Crippen LogP contribution in [-0.2, 0) is 10.0 Å². The van der Waals surface area contributed by atoms with Gasteiger partial charge in [0.25, 0.3) is 15.7 Å². The van der Waals surface area contributed by atoms with Crippen molar-refractivity contribution in [2.24, 2.45) is 0 Å². The number of nitro groups is 1. The molecule has 1 N–H and O–H groups in total. The Morgan fingerprint density at radius 3 is 2.52 bits per heavy atom. The van der Waals surface area contributed by atoms with E-state index in [4.69, 9.17) is 16.3 Å². The summed E-state index contributed by atoms with van der Waals surface area (Å²) in [6, 6.07) is 6.54. The van der Waals surface area contributed by atoms with E-state index in [1.165, 1.54) is 19.2 Å². The molecule has 122 valence electrons. The van der Waals surface area contributed by atoms with E-state index in [9.17, 15) is 22.9 Å². The van der Waals surface area contributed by atoms with Crippen molar-refractivity contribution in [2.45, 2.75) is 4.90 Å². The maximum absolute atomic E-state index is 13.7. The van der Waals surface area contributed by atoms with Crippen LogP contribution in [0.4, 0.5) is 15.8 Å². The van der Waals surface area contributed by atoms with Gasteiger partial charge in [-0.15, -0.1) is 0 Å². The normalized spacial score (nSPS) is 11.1. The van der Waals surface area contributed by atoms with Crippen molar-refractivity contribution < 1.29 is 22.5 Å². The molecule has 2 aromatic carbocycles. The second-order valence-corrected chi connectivity index (χ2v) is 6.41. The molecule has 0 unspecified atom stereocenters. The number of nitro benzene ring substituents is 1. The van der Waals surface area contributed by atoms with E-state index < -0.39 is 31.3 Å². The Morgan fingerprint density at radius 1 is 1.26 bits per heavy atom. The molecule has 2 aromatic rings. The standard InChI is InChI=1S/C13H10ClFN2O5S/c1-22-9-3-5-13(12(7-9)17(18)19)23(20,21)16-11-4-2-8(14)6-10(11)15/h2-7,16H,1H3. The first kappa shape index (κ1) is 17.0. The lowest BCUT2D eigenvalue weighted by Gasteiger charge is -2.10. The van der Waals surface area contributed by atoms with Gasteiger partial charge in [-0.2, -0.15) is 0 Å².